The number of Topliss-reactive ketones (excluding diaryl/α,β-unsaturated/α-hetero) is 1. The van der Waals surface area contributed by atoms with Crippen molar-refractivity contribution < 1.29 is 33.6 Å². The molecule has 2 aliphatic heterocycles. The molecule has 2 saturated heterocycles. The minimum absolute atomic E-state index is 0.0639. The SMILES string of the molecule is CCOC(=O)CNCCC(=O)c1cn([C@@H]2O[C@H](CO)[C@H]3OC(C)(C)O[C@H]32)c(=O)[nH]c1=O. The molecule has 1 aromatic heterocycles. The number of nitrogens with one attached hydrogen (secondary N) is 2. The van der Waals surface area contributed by atoms with E-state index in [1.54, 1.807) is 20.8 Å². The third kappa shape index (κ3) is 5.10. The minimum Gasteiger partial charge on any atom is -0.465 e. The van der Waals surface area contributed by atoms with E-state index in [-0.39, 0.29) is 38.3 Å². The summed E-state index contributed by atoms with van der Waals surface area (Å²) in [6.45, 7) is 5.06. The fraction of sp³-hybridized carbons (Fsp3) is 0.684. The molecule has 12 nitrogen and oxygen atoms in total. The number of ketones is 1. The normalized spacial score (nSPS) is 26.6. The van der Waals surface area contributed by atoms with E-state index in [1.807, 2.05) is 0 Å². The monoisotopic (exact) mass is 441 g/mol. The van der Waals surface area contributed by atoms with Gasteiger partial charge in [-0.1, -0.05) is 0 Å². The van der Waals surface area contributed by atoms with Crippen molar-refractivity contribution in [2.75, 3.05) is 26.3 Å². The number of rotatable bonds is 9. The Morgan fingerprint density at radius 1 is 1.29 bits per heavy atom. The van der Waals surface area contributed by atoms with E-state index in [0.29, 0.717) is 0 Å². The number of carbonyl (C=O) groups excluding carboxylic acids is 2. The first kappa shape index (κ1) is 23.3. The van der Waals surface area contributed by atoms with Gasteiger partial charge in [0.05, 0.1) is 25.3 Å². The zero-order chi connectivity index (χ0) is 22.8. The molecule has 4 atom stereocenters. The molecule has 0 saturated carbocycles. The van der Waals surface area contributed by atoms with E-state index >= 15 is 0 Å². The summed E-state index contributed by atoms with van der Waals surface area (Å²) >= 11 is 0. The Hall–Kier alpha value is -2.38. The van der Waals surface area contributed by atoms with Gasteiger partial charge in [-0.25, -0.2) is 4.79 Å². The molecular formula is C19H27N3O9. The fourth-order valence-electron chi connectivity index (χ4n) is 3.64. The van der Waals surface area contributed by atoms with Crippen molar-refractivity contribution in [2.24, 2.45) is 0 Å². The Kier molecular flexibility index (Phi) is 7.06. The number of hydrogen-bond acceptors (Lipinski definition) is 10. The molecule has 0 amide bonds. The Morgan fingerprint density at radius 3 is 2.68 bits per heavy atom. The quantitative estimate of drug-likeness (QED) is 0.238. The summed E-state index contributed by atoms with van der Waals surface area (Å²) in [5, 5.41) is 12.4. The molecule has 2 aliphatic rings. The van der Waals surface area contributed by atoms with Crippen LogP contribution in [0.5, 0.6) is 0 Å². The van der Waals surface area contributed by atoms with Gasteiger partial charge in [-0.15, -0.1) is 0 Å². The molecule has 31 heavy (non-hydrogen) atoms. The van der Waals surface area contributed by atoms with Gasteiger partial charge >= 0.3 is 11.7 Å². The smallest absolute Gasteiger partial charge is 0.330 e. The van der Waals surface area contributed by atoms with Crippen LogP contribution >= 0.6 is 0 Å². The lowest BCUT2D eigenvalue weighted by molar-refractivity contribution is -0.200. The van der Waals surface area contributed by atoms with Gasteiger partial charge in [-0.3, -0.25) is 23.9 Å². The summed E-state index contributed by atoms with van der Waals surface area (Å²) in [5.74, 6) is -1.92. The second kappa shape index (κ2) is 9.40. The summed E-state index contributed by atoms with van der Waals surface area (Å²) in [7, 11) is 0. The number of fused-ring (bicyclic) bond motifs is 1. The largest absolute Gasteiger partial charge is 0.465 e. The minimum atomic E-state index is -0.998. The van der Waals surface area contributed by atoms with E-state index in [1.165, 1.54) is 0 Å². The number of carbonyl (C=O) groups is 2. The van der Waals surface area contributed by atoms with Crippen molar-refractivity contribution in [3.05, 3.63) is 32.6 Å². The second-order valence-electron chi connectivity index (χ2n) is 7.68. The second-order valence-corrected chi connectivity index (χ2v) is 7.68. The number of aromatic amines is 1. The first-order valence-corrected chi connectivity index (χ1v) is 10.0. The van der Waals surface area contributed by atoms with Crippen LogP contribution in [0.25, 0.3) is 0 Å². The molecule has 0 bridgehead atoms. The molecule has 3 rings (SSSR count). The number of esters is 1. The van der Waals surface area contributed by atoms with Crippen LogP contribution in [-0.4, -0.2) is 76.8 Å². The summed E-state index contributed by atoms with van der Waals surface area (Å²) < 4.78 is 23.2. The maximum absolute atomic E-state index is 12.5. The molecule has 2 fully saturated rings. The molecule has 12 heteroatoms. The summed E-state index contributed by atoms with van der Waals surface area (Å²) in [6.07, 6.45) is -2.02. The van der Waals surface area contributed by atoms with Crippen molar-refractivity contribution in [1.29, 1.82) is 0 Å². The van der Waals surface area contributed by atoms with Crippen LogP contribution in [0, 0.1) is 0 Å². The van der Waals surface area contributed by atoms with Gasteiger partial charge in [0.1, 0.15) is 18.3 Å². The van der Waals surface area contributed by atoms with Crippen LogP contribution < -0.4 is 16.6 Å². The van der Waals surface area contributed by atoms with E-state index in [4.69, 9.17) is 18.9 Å². The standard InChI is InChI=1S/C19H27N3O9/c1-4-28-13(25)7-20-6-5-11(24)10-8-22(18(27)21-16(10)26)17-15-14(12(9-23)29-17)30-19(2,3)31-15/h8,12,14-15,17,20,23H,4-7,9H2,1-3H3,(H,21,26,27)/t12-,14-,15-,17-/m1/s1. The van der Waals surface area contributed by atoms with Crippen molar-refractivity contribution >= 4 is 11.8 Å². The first-order chi connectivity index (χ1) is 14.7. The molecule has 1 aromatic rings. The van der Waals surface area contributed by atoms with Gasteiger partial charge in [0.25, 0.3) is 5.56 Å². The lowest BCUT2D eigenvalue weighted by Crippen LogP contribution is -2.39. The molecular weight excluding hydrogens is 414 g/mol. The van der Waals surface area contributed by atoms with Crippen LogP contribution in [0.2, 0.25) is 0 Å². The Balaban J connectivity index is 1.75. The number of aliphatic hydroxyl groups excluding tert-OH is 1. The van der Waals surface area contributed by atoms with Crippen LogP contribution in [0.15, 0.2) is 15.8 Å². The highest BCUT2D eigenvalue weighted by Gasteiger charge is 2.56. The predicted octanol–water partition coefficient (Wildman–Crippen LogP) is -1.33. The summed E-state index contributed by atoms with van der Waals surface area (Å²) in [4.78, 5) is 50.6. The highest BCUT2D eigenvalue weighted by atomic mass is 16.8. The molecule has 0 aromatic carbocycles. The van der Waals surface area contributed by atoms with Gasteiger partial charge in [-0.2, -0.15) is 0 Å². The molecule has 0 unspecified atom stereocenters. The zero-order valence-electron chi connectivity index (χ0n) is 17.6. The van der Waals surface area contributed by atoms with E-state index < -0.39 is 53.3 Å². The maximum atomic E-state index is 12.5. The van der Waals surface area contributed by atoms with Gasteiger partial charge in [0, 0.05) is 19.2 Å². The Bertz CT molecular complexity index is 938. The van der Waals surface area contributed by atoms with Gasteiger partial charge < -0.3 is 29.4 Å². The average molecular weight is 441 g/mol. The van der Waals surface area contributed by atoms with Gasteiger partial charge in [0.2, 0.25) is 0 Å². The van der Waals surface area contributed by atoms with Crippen LogP contribution in [0.4, 0.5) is 0 Å². The van der Waals surface area contributed by atoms with E-state index in [9.17, 15) is 24.3 Å². The molecule has 172 valence electrons. The molecule has 0 aliphatic carbocycles. The maximum Gasteiger partial charge on any atom is 0.330 e. The molecule has 0 radical (unpaired) electrons. The molecule has 0 spiro atoms. The van der Waals surface area contributed by atoms with Crippen molar-refractivity contribution in [1.82, 2.24) is 14.9 Å². The summed E-state index contributed by atoms with van der Waals surface area (Å²) in [6, 6.07) is 0. The summed E-state index contributed by atoms with van der Waals surface area (Å²) in [5.41, 5.74) is -1.84. The Morgan fingerprint density at radius 2 is 2.00 bits per heavy atom. The number of ether oxygens (including phenoxy) is 4. The molecule has 3 N–H and O–H groups in total. The third-order valence-corrected chi connectivity index (χ3v) is 4.95. The average Bonchev–Trinajstić information content (AvgIpc) is 3.18. The first-order valence-electron chi connectivity index (χ1n) is 10.0. The van der Waals surface area contributed by atoms with E-state index in [0.717, 1.165) is 10.8 Å². The van der Waals surface area contributed by atoms with Crippen molar-refractivity contribution in [3.63, 3.8) is 0 Å². The third-order valence-electron chi connectivity index (χ3n) is 4.95. The number of H-pyrrole nitrogens is 1. The van der Waals surface area contributed by atoms with Gasteiger partial charge in [0.15, 0.2) is 17.8 Å². The number of nitrogens with zero attached hydrogens (tertiary/aromatic N) is 1. The topological polar surface area (TPSA) is 158 Å². The Labute approximate surface area is 177 Å². The lowest BCUT2D eigenvalue weighted by atomic mass is 10.1. The number of hydrogen-bond donors (Lipinski definition) is 3. The highest BCUT2D eigenvalue weighted by Crippen LogP contribution is 2.42. The molecule has 3 heterocycles. The van der Waals surface area contributed by atoms with Crippen molar-refractivity contribution in [3.8, 4) is 0 Å². The van der Waals surface area contributed by atoms with Crippen LogP contribution in [0.1, 0.15) is 43.8 Å². The zero-order valence-corrected chi connectivity index (χ0v) is 17.6. The van der Waals surface area contributed by atoms with Crippen LogP contribution in [0.3, 0.4) is 0 Å². The fourth-order valence-corrected chi connectivity index (χ4v) is 3.64. The number of aliphatic hydroxyl groups is 1. The lowest BCUT2D eigenvalue weighted by Gasteiger charge is -2.24. The van der Waals surface area contributed by atoms with Crippen molar-refractivity contribution in [2.45, 2.75) is 57.5 Å². The number of aromatic nitrogens is 2. The van der Waals surface area contributed by atoms with Gasteiger partial charge in [-0.05, 0) is 20.8 Å². The van der Waals surface area contributed by atoms with E-state index in [2.05, 4.69) is 10.3 Å². The van der Waals surface area contributed by atoms with Crippen LogP contribution in [-0.2, 0) is 23.7 Å². The highest BCUT2D eigenvalue weighted by molar-refractivity contribution is 5.95. The predicted molar refractivity (Wildman–Crippen MR) is 105 cm³/mol.